The lowest BCUT2D eigenvalue weighted by Crippen LogP contribution is -2.19. The molecule has 1 aliphatic heterocycles. The highest BCUT2D eigenvalue weighted by Crippen LogP contribution is 2.68. The van der Waals surface area contributed by atoms with Gasteiger partial charge in [-0.2, -0.15) is 0 Å². The van der Waals surface area contributed by atoms with E-state index in [1.807, 2.05) is 38.1 Å². The number of Topliss-reactive ketones (excluding diaryl/α,β-unsaturated/α-hetero) is 1. The molecule has 1 fully saturated rings. The van der Waals surface area contributed by atoms with Crippen molar-refractivity contribution >= 4 is 11.4 Å². The molecule has 2 nitrogen and oxygen atoms in total. The van der Waals surface area contributed by atoms with E-state index in [0.29, 0.717) is 5.92 Å². The van der Waals surface area contributed by atoms with E-state index >= 15 is 0 Å². The summed E-state index contributed by atoms with van der Waals surface area (Å²) >= 11 is 0. The van der Waals surface area contributed by atoms with E-state index in [1.165, 1.54) is 5.56 Å². The van der Waals surface area contributed by atoms with Gasteiger partial charge >= 0.3 is 0 Å². The molecule has 1 saturated carbocycles. The highest BCUT2D eigenvalue weighted by molar-refractivity contribution is 6.22. The number of rotatable bonds is 2. The van der Waals surface area contributed by atoms with Crippen LogP contribution in [0.3, 0.4) is 0 Å². The summed E-state index contributed by atoms with van der Waals surface area (Å²) in [5.41, 5.74) is 4.94. The molecule has 0 radical (unpaired) electrons. The Hall–Kier alpha value is -2.61. The number of ether oxygens (including phenoxy) is 1. The smallest absolute Gasteiger partial charge is 0.189 e. The van der Waals surface area contributed by atoms with Crippen molar-refractivity contribution < 1.29 is 9.53 Å². The second-order valence-electron chi connectivity index (χ2n) is 6.95. The van der Waals surface area contributed by atoms with Gasteiger partial charge in [-0.25, -0.2) is 0 Å². The van der Waals surface area contributed by atoms with Crippen molar-refractivity contribution in [1.82, 2.24) is 0 Å². The van der Waals surface area contributed by atoms with Crippen LogP contribution in [0.15, 0.2) is 72.0 Å². The van der Waals surface area contributed by atoms with Gasteiger partial charge in [0.15, 0.2) is 5.78 Å². The van der Waals surface area contributed by atoms with Crippen molar-refractivity contribution in [3.8, 4) is 0 Å². The quantitative estimate of drug-likeness (QED) is 0.814. The number of ketones is 1. The summed E-state index contributed by atoms with van der Waals surface area (Å²) < 4.78 is 6.13. The Morgan fingerprint density at radius 3 is 2.25 bits per heavy atom. The first-order valence-corrected chi connectivity index (χ1v) is 8.41. The minimum Gasteiger partial charge on any atom is -0.493 e. The fourth-order valence-corrected chi connectivity index (χ4v) is 4.73. The normalized spacial score (nSPS) is 29.9. The summed E-state index contributed by atoms with van der Waals surface area (Å²) in [6, 6.07) is 18.5. The zero-order valence-corrected chi connectivity index (χ0v) is 13.7. The molecule has 0 N–H and O–H groups in total. The molecule has 2 aromatic carbocycles. The molecule has 0 bridgehead atoms. The predicted molar refractivity (Wildman–Crippen MR) is 93.6 cm³/mol. The first-order chi connectivity index (χ1) is 11.7. The maximum Gasteiger partial charge on any atom is 0.189 e. The molecule has 2 aromatic rings. The summed E-state index contributed by atoms with van der Waals surface area (Å²) in [5.74, 6) is 1.46. The Morgan fingerprint density at radius 2 is 1.58 bits per heavy atom. The Bertz CT molecular complexity index is 935. The maximum atomic E-state index is 12.8. The lowest BCUT2D eigenvalue weighted by Gasteiger charge is -2.24. The maximum absolute atomic E-state index is 12.8. The van der Waals surface area contributed by atoms with Crippen molar-refractivity contribution in [2.24, 2.45) is 5.92 Å². The van der Waals surface area contributed by atoms with Gasteiger partial charge in [-0.05, 0) is 36.6 Å². The third-order valence-electron chi connectivity index (χ3n) is 5.74. The highest BCUT2D eigenvalue weighted by atomic mass is 16.5. The molecule has 2 aliphatic carbocycles. The SMILES string of the molecule is CC1=CC2C(O1)C2(C1=C(C)C(=O)c2ccccc21)c1ccccc1. The van der Waals surface area contributed by atoms with Crippen molar-refractivity contribution in [1.29, 1.82) is 0 Å². The number of fused-ring (bicyclic) bond motifs is 2. The second kappa shape index (κ2) is 4.47. The highest BCUT2D eigenvalue weighted by Gasteiger charge is 2.72. The van der Waals surface area contributed by atoms with E-state index in [2.05, 4.69) is 36.4 Å². The predicted octanol–water partition coefficient (Wildman–Crippen LogP) is 4.53. The van der Waals surface area contributed by atoms with Crippen molar-refractivity contribution in [3.63, 3.8) is 0 Å². The molecule has 1 heterocycles. The number of carbonyl (C=O) groups is 1. The molecule has 0 saturated heterocycles. The Balaban J connectivity index is 1.78. The average molecular weight is 314 g/mol. The fourth-order valence-electron chi connectivity index (χ4n) is 4.73. The van der Waals surface area contributed by atoms with Crippen LogP contribution in [0.2, 0.25) is 0 Å². The largest absolute Gasteiger partial charge is 0.493 e. The molecule has 0 spiro atoms. The Labute approximate surface area is 141 Å². The third kappa shape index (κ3) is 1.49. The number of hydrogen-bond acceptors (Lipinski definition) is 2. The van der Waals surface area contributed by atoms with Crippen LogP contribution in [0.4, 0.5) is 0 Å². The lowest BCUT2D eigenvalue weighted by molar-refractivity contribution is 0.103. The van der Waals surface area contributed by atoms with E-state index in [9.17, 15) is 4.79 Å². The van der Waals surface area contributed by atoms with Gasteiger partial charge in [0, 0.05) is 17.1 Å². The van der Waals surface area contributed by atoms with Crippen molar-refractivity contribution in [3.05, 3.63) is 88.7 Å². The van der Waals surface area contributed by atoms with Crippen molar-refractivity contribution in [2.45, 2.75) is 25.4 Å². The summed E-state index contributed by atoms with van der Waals surface area (Å²) in [5, 5.41) is 0. The average Bonchev–Trinajstić information content (AvgIpc) is 2.89. The van der Waals surface area contributed by atoms with Gasteiger partial charge < -0.3 is 4.74 Å². The number of carbonyl (C=O) groups excluding carboxylic acids is 1. The van der Waals surface area contributed by atoms with E-state index in [0.717, 1.165) is 28.0 Å². The fraction of sp³-hybridized carbons (Fsp3) is 0.227. The zero-order chi connectivity index (χ0) is 16.5. The van der Waals surface area contributed by atoms with Crippen LogP contribution < -0.4 is 0 Å². The summed E-state index contributed by atoms with van der Waals surface area (Å²) in [7, 11) is 0. The molecular formula is C22H18O2. The van der Waals surface area contributed by atoms with E-state index in [-0.39, 0.29) is 17.3 Å². The first kappa shape index (κ1) is 13.8. The molecule has 0 aromatic heterocycles. The standard InChI is InChI=1S/C22H18O2/c1-13-12-18-21(24-13)22(18,15-8-4-3-5-9-15)19-14(2)20(23)17-11-7-6-10-16(17)19/h3-12,18,21H,1-2H3. The molecule has 3 atom stereocenters. The van der Waals surface area contributed by atoms with Gasteiger partial charge in [0.1, 0.15) is 6.10 Å². The monoisotopic (exact) mass is 314 g/mol. The second-order valence-corrected chi connectivity index (χ2v) is 6.95. The zero-order valence-electron chi connectivity index (χ0n) is 13.7. The van der Waals surface area contributed by atoms with Crippen LogP contribution in [-0.2, 0) is 10.2 Å². The summed E-state index contributed by atoms with van der Waals surface area (Å²) in [6.07, 6.45) is 2.33. The van der Waals surface area contributed by atoms with Gasteiger partial charge in [0.05, 0.1) is 11.2 Å². The Kier molecular flexibility index (Phi) is 2.57. The Morgan fingerprint density at radius 1 is 0.917 bits per heavy atom. The van der Waals surface area contributed by atoms with Gasteiger partial charge in [0.2, 0.25) is 0 Å². The van der Waals surface area contributed by atoms with Gasteiger partial charge in [-0.1, -0.05) is 54.6 Å². The lowest BCUT2D eigenvalue weighted by atomic mass is 9.80. The molecule has 118 valence electrons. The molecule has 3 unspecified atom stereocenters. The minimum absolute atomic E-state index is 0.101. The molecule has 2 heteroatoms. The topological polar surface area (TPSA) is 26.3 Å². The van der Waals surface area contributed by atoms with Crippen LogP contribution in [0.25, 0.3) is 5.57 Å². The van der Waals surface area contributed by atoms with Crippen LogP contribution in [0, 0.1) is 5.92 Å². The number of benzene rings is 2. The molecule has 24 heavy (non-hydrogen) atoms. The van der Waals surface area contributed by atoms with Gasteiger partial charge in [0.25, 0.3) is 0 Å². The number of hydrogen-bond donors (Lipinski definition) is 0. The van der Waals surface area contributed by atoms with Gasteiger partial charge in [-0.15, -0.1) is 0 Å². The van der Waals surface area contributed by atoms with Gasteiger partial charge in [-0.3, -0.25) is 4.79 Å². The molecular weight excluding hydrogens is 296 g/mol. The van der Waals surface area contributed by atoms with Crippen molar-refractivity contribution in [2.75, 3.05) is 0 Å². The van der Waals surface area contributed by atoms with E-state index < -0.39 is 0 Å². The molecule has 5 rings (SSSR count). The van der Waals surface area contributed by atoms with Crippen LogP contribution in [0.1, 0.15) is 35.3 Å². The van der Waals surface area contributed by atoms with Crippen LogP contribution in [-0.4, -0.2) is 11.9 Å². The summed E-state index contributed by atoms with van der Waals surface area (Å²) in [4.78, 5) is 12.8. The van der Waals surface area contributed by atoms with E-state index in [1.54, 1.807) is 0 Å². The van der Waals surface area contributed by atoms with Crippen LogP contribution >= 0.6 is 0 Å². The van der Waals surface area contributed by atoms with Crippen LogP contribution in [0.5, 0.6) is 0 Å². The molecule has 3 aliphatic rings. The minimum atomic E-state index is -0.229. The van der Waals surface area contributed by atoms with E-state index in [4.69, 9.17) is 4.74 Å². The summed E-state index contributed by atoms with van der Waals surface area (Å²) in [6.45, 7) is 3.98. The number of allylic oxidation sites excluding steroid dienone is 2. The molecule has 0 amide bonds. The third-order valence-corrected chi connectivity index (χ3v) is 5.74. The first-order valence-electron chi connectivity index (χ1n) is 8.41.